The van der Waals surface area contributed by atoms with Gasteiger partial charge in [-0.25, -0.2) is 0 Å². The maximum absolute atomic E-state index is 3.93. The predicted octanol–water partition coefficient (Wildman–Crippen LogP) is 3.95. The van der Waals surface area contributed by atoms with Crippen molar-refractivity contribution in [3.05, 3.63) is 60.2 Å². The van der Waals surface area contributed by atoms with Gasteiger partial charge in [-0.1, -0.05) is 37.9 Å². The fourth-order valence-electron chi connectivity index (χ4n) is 0.949. The molecule has 0 spiro atoms. The van der Waals surface area contributed by atoms with Crippen molar-refractivity contribution in [2.24, 2.45) is 0 Å². The van der Waals surface area contributed by atoms with Crippen molar-refractivity contribution in [2.75, 3.05) is 0 Å². The number of rotatable bonds is 2. The van der Waals surface area contributed by atoms with Crippen molar-refractivity contribution < 1.29 is 0 Å². The molecule has 0 amide bonds. The van der Waals surface area contributed by atoms with E-state index >= 15 is 0 Å². The molecule has 0 aliphatic heterocycles. The van der Waals surface area contributed by atoms with Crippen molar-refractivity contribution in [3.8, 4) is 0 Å². The molecule has 2 rings (SSSR count). The number of nitrogens with zero attached hydrogens (tertiary/aromatic N) is 2. The van der Waals surface area contributed by atoms with E-state index in [9.17, 15) is 0 Å². The zero-order chi connectivity index (χ0) is 11.6. The average Bonchev–Trinajstić information content (AvgIpc) is 2.41. The number of hydrogen-bond acceptors (Lipinski definition) is 2. The quantitative estimate of drug-likeness (QED) is 0.771. The molecule has 4 heteroatoms. The van der Waals surface area contributed by atoms with E-state index in [1.165, 1.54) is 11.1 Å². The van der Waals surface area contributed by atoms with Gasteiger partial charge in [0.25, 0.3) is 0 Å². The Morgan fingerprint density at radius 2 is 1.50 bits per heavy atom. The molecule has 16 heavy (non-hydrogen) atoms. The van der Waals surface area contributed by atoms with E-state index in [0.29, 0.717) is 0 Å². The standard InChI is InChI=1S/2C6H6BrN/c7-5-6-1-3-8-4-2-6;7-4-6-2-1-3-8-5-6/h1-4H,5H2;1-3,5H,4H2. The fraction of sp³-hybridized carbons (Fsp3) is 0.167. The lowest BCUT2D eigenvalue weighted by molar-refractivity contribution is 1.26. The lowest BCUT2D eigenvalue weighted by Crippen LogP contribution is -1.75. The molecule has 2 aromatic heterocycles. The van der Waals surface area contributed by atoms with Gasteiger partial charge in [-0.15, -0.1) is 0 Å². The highest BCUT2D eigenvalue weighted by molar-refractivity contribution is 9.08. The minimum atomic E-state index is 0.890. The molecule has 0 aromatic carbocycles. The molecule has 0 unspecified atom stereocenters. The Kier molecular flexibility index (Phi) is 7.01. The maximum Gasteiger partial charge on any atom is 0.0308 e. The van der Waals surface area contributed by atoms with Crippen LogP contribution in [0.4, 0.5) is 0 Å². The third-order valence-corrected chi connectivity index (χ3v) is 3.08. The Balaban J connectivity index is 0.000000160. The smallest absolute Gasteiger partial charge is 0.0308 e. The summed E-state index contributed by atoms with van der Waals surface area (Å²) < 4.78 is 0. The molecule has 0 saturated heterocycles. The fourth-order valence-corrected chi connectivity index (χ4v) is 1.65. The Labute approximate surface area is 112 Å². The first-order chi connectivity index (χ1) is 7.86. The van der Waals surface area contributed by atoms with E-state index in [4.69, 9.17) is 0 Å². The third-order valence-electron chi connectivity index (χ3n) is 1.78. The first-order valence-electron chi connectivity index (χ1n) is 4.76. The predicted molar refractivity (Wildman–Crippen MR) is 73.7 cm³/mol. The van der Waals surface area contributed by atoms with Gasteiger partial charge in [0, 0.05) is 35.4 Å². The van der Waals surface area contributed by atoms with Crippen molar-refractivity contribution in [3.63, 3.8) is 0 Å². The van der Waals surface area contributed by atoms with E-state index in [0.717, 1.165) is 10.7 Å². The summed E-state index contributed by atoms with van der Waals surface area (Å²) in [4.78, 5) is 7.80. The SMILES string of the molecule is BrCc1cccnc1.BrCc1ccncc1. The number of hydrogen-bond donors (Lipinski definition) is 0. The highest BCUT2D eigenvalue weighted by atomic mass is 79.9. The minimum Gasteiger partial charge on any atom is -0.265 e. The van der Waals surface area contributed by atoms with Gasteiger partial charge in [-0.2, -0.15) is 0 Å². The van der Waals surface area contributed by atoms with Gasteiger partial charge in [0.05, 0.1) is 0 Å². The lowest BCUT2D eigenvalue weighted by Gasteiger charge is -1.87. The van der Waals surface area contributed by atoms with Crippen LogP contribution in [0.3, 0.4) is 0 Å². The Morgan fingerprint density at radius 1 is 0.812 bits per heavy atom. The summed E-state index contributed by atoms with van der Waals surface area (Å²) in [6.07, 6.45) is 7.19. The minimum absolute atomic E-state index is 0.890. The highest BCUT2D eigenvalue weighted by Crippen LogP contribution is 2.01. The van der Waals surface area contributed by atoms with Gasteiger partial charge >= 0.3 is 0 Å². The van der Waals surface area contributed by atoms with E-state index in [1.54, 1.807) is 18.6 Å². The molecule has 0 N–H and O–H groups in total. The molecule has 0 aliphatic rings. The second-order valence-corrected chi connectivity index (χ2v) is 4.11. The van der Waals surface area contributed by atoms with Crippen LogP contribution in [0.25, 0.3) is 0 Å². The van der Waals surface area contributed by atoms with Crippen LogP contribution >= 0.6 is 31.9 Å². The molecule has 2 heterocycles. The molecule has 2 nitrogen and oxygen atoms in total. The highest BCUT2D eigenvalue weighted by Gasteiger charge is 1.83. The van der Waals surface area contributed by atoms with Crippen LogP contribution in [-0.4, -0.2) is 9.97 Å². The second kappa shape index (κ2) is 8.42. The number of halogens is 2. The maximum atomic E-state index is 3.93. The summed E-state index contributed by atoms with van der Waals surface area (Å²) in [6.45, 7) is 0. The zero-order valence-electron chi connectivity index (χ0n) is 8.68. The van der Waals surface area contributed by atoms with E-state index < -0.39 is 0 Å². The summed E-state index contributed by atoms with van der Waals surface area (Å²) in [5, 5.41) is 1.80. The molecular weight excluding hydrogens is 332 g/mol. The van der Waals surface area contributed by atoms with E-state index in [-0.39, 0.29) is 0 Å². The van der Waals surface area contributed by atoms with Crippen LogP contribution in [0.15, 0.2) is 49.1 Å². The van der Waals surface area contributed by atoms with Gasteiger partial charge in [0.15, 0.2) is 0 Å². The van der Waals surface area contributed by atoms with Crippen molar-refractivity contribution in [2.45, 2.75) is 10.7 Å². The molecule has 2 aromatic rings. The molecule has 0 atom stereocenters. The summed E-state index contributed by atoms with van der Waals surface area (Å²) in [6, 6.07) is 7.92. The first kappa shape index (κ1) is 13.3. The van der Waals surface area contributed by atoms with Crippen LogP contribution in [0.1, 0.15) is 11.1 Å². The van der Waals surface area contributed by atoms with Crippen molar-refractivity contribution in [1.82, 2.24) is 9.97 Å². The summed E-state index contributed by atoms with van der Waals surface area (Å²) in [7, 11) is 0. The molecule has 84 valence electrons. The van der Waals surface area contributed by atoms with Gasteiger partial charge in [0.2, 0.25) is 0 Å². The van der Waals surface area contributed by atoms with Gasteiger partial charge < -0.3 is 0 Å². The summed E-state index contributed by atoms with van der Waals surface area (Å²) in [5.74, 6) is 0. The molecule has 0 bridgehead atoms. The molecule has 0 fully saturated rings. The van der Waals surface area contributed by atoms with Crippen molar-refractivity contribution in [1.29, 1.82) is 0 Å². The Bertz CT molecular complexity index is 339. The first-order valence-corrected chi connectivity index (χ1v) is 7.01. The monoisotopic (exact) mass is 342 g/mol. The number of aromatic nitrogens is 2. The van der Waals surface area contributed by atoms with Crippen molar-refractivity contribution >= 4 is 31.9 Å². The van der Waals surface area contributed by atoms with Crippen LogP contribution < -0.4 is 0 Å². The van der Waals surface area contributed by atoms with Crippen LogP contribution in [0.5, 0.6) is 0 Å². The molecule has 0 saturated carbocycles. The zero-order valence-corrected chi connectivity index (χ0v) is 11.9. The van der Waals surface area contributed by atoms with E-state index in [1.807, 2.05) is 30.5 Å². The van der Waals surface area contributed by atoms with Gasteiger partial charge in [-0.05, 0) is 29.3 Å². The summed E-state index contributed by atoms with van der Waals surface area (Å²) in [5.41, 5.74) is 2.48. The average molecular weight is 344 g/mol. The van der Waals surface area contributed by atoms with E-state index in [2.05, 4.69) is 41.8 Å². The molecule has 0 aliphatic carbocycles. The van der Waals surface area contributed by atoms with Crippen LogP contribution in [0, 0.1) is 0 Å². The van der Waals surface area contributed by atoms with Gasteiger partial charge in [0.1, 0.15) is 0 Å². The van der Waals surface area contributed by atoms with Gasteiger partial charge in [-0.3, -0.25) is 9.97 Å². The second-order valence-electron chi connectivity index (χ2n) is 2.98. The largest absolute Gasteiger partial charge is 0.265 e. The topological polar surface area (TPSA) is 25.8 Å². The summed E-state index contributed by atoms with van der Waals surface area (Å²) >= 11 is 6.65. The van der Waals surface area contributed by atoms with Crippen LogP contribution in [-0.2, 0) is 10.7 Å². The third kappa shape index (κ3) is 5.37. The normalized spacial score (nSPS) is 9.12. The Morgan fingerprint density at radius 3 is 1.88 bits per heavy atom. The van der Waals surface area contributed by atoms with Crippen LogP contribution in [0.2, 0.25) is 0 Å². The lowest BCUT2D eigenvalue weighted by atomic mass is 10.3. The Hall–Kier alpha value is -0.740. The molecular formula is C12H12Br2N2. The molecule has 0 radical (unpaired) electrons. The number of alkyl halides is 2. The number of pyridine rings is 2.